The Bertz CT molecular complexity index is 566. The summed E-state index contributed by atoms with van der Waals surface area (Å²) in [4.78, 5) is 17.3. The quantitative estimate of drug-likeness (QED) is 0.897. The van der Waals surface area contributed by atoms with Gasteiger partial charge in [-0.25, -0.2) is 0 Å². The largest absolute Gasteiger partial charge is 0.341 e. The molecule has 0 spiro atoms. The minimum atomic E-state index is 0.219. The number of carbonyl (C=O) groups excluding carboxylic acids is 1. The van der Waals surface area contributed by atoms with E-state index in [9.17, 15) is 4.79 Å². The van der Waals surface area contributed by atoms with Gasteiger partial charge < -0.3 is 15.1 Å². The van der Waals surface area contributed by atoms with Crippen LogP contribution in [-0.2, 0) is 11.3 Å². The standard InChI is InChI=1S/C19H31N5O/c25-19(23-11-5-17(6-12-23)22-9-1-2-10-22)15-24-13-7-18(21-24)16-4-3-8-20-14-16/h7,13,16-17,20H,1-6,8-12,14-15H2. The van der Waals surface area contributed by atoms with E-state index in [-0.39, 0.29) is 5.91 Å². The summed E-state index contributed by atoms with van der Waals surface area (Å²) in [6.45, 7) is 6.82. The fraction of sp³-hybridized carbons (Fsp3) is 0.789. The van der Waals surface area contributed by atoms with E-state index < -0.39 is 0 Å². The van der Waals surface area contributed by atoms with Gasteiger partial charge in [0.05, 0.1) is 5.69 Å². The molecule has 1 aromatic rings. The van der Waals surface area contributed by atoms with Gasteiger partial charge in [0.25, 0.3) is 0 Å². The first kappa shape index (κ1) is 17.0. The molecule has 1 amide bonds. The average molecular weight is 345 g/mol. The van der Waals surface area contributed by atoms with Gasteiger partial charge in [-0.3, -0.25) is 9.48 Å². The number of nitrogens with zero attached hydrogens (tertiary/aromatic N) is 4. The minimum Gasteiger partial charge on any atom is -0.341 e. The molecule has 1 unspecified atom stereocenters. The molecule has 3 saturated heterocycles. The molecule has 0 aliphatic carbocycles. The van der Waals surface area contributed by atoms with E-state index in [1.54, 1.807) is 0 Å². The van der Waals surface area contributed by atoms with Gasteiger partial charge in [0.1, 0.15) is 6.54 Å². The van der Waals surface area contributed by atoms with Crippen LogP contribution in [0.4, 0.5) is 0 Å². The maximum absolute atomic E-state index is 12.6. The average Bonchev–Trinajstić information content (AvgIpc) is 3.35. The van der Waals surface area contributed by atoms with E-state index in [0.717, 1.165) is 44.7 Å². The van der Waals surface area contributed by atoms with E-state index in [1.165, 1.54) is 38.8 Å². The Balaban J connectivity index is 1.27. The number of hydrogen-bond acceptors (Lipinski definition) is 4. The van der Waals surface area contributed by atoms with Gasteiger partial charge in [-0.05, 0) is 64.2 Å². The van der Waals surface area contributed by atoms with Gasteiger partial charge in [-0.2, -0.15) is 5.10 Å². The highest BCUT2D eigenvalue weighted by Gasteiger charge is 2.28. The number of carbonyl (C=O) groups is 1. The first-order valence-corrected chi connectivity index (χ1v) is 10.1. The molecule has 0 aromatic carbocycles. The lowest BCUT2D eigenvalue weighted by Gasteiger charge is -2.36. The van der Waals surface area contributed by atoms with E-state index in [1.807, 2.05) is 15.8 Å². The lowest BCUT2D eigenvalue weighted by molar-refractivity contribution is -0.133. The van der Waals surface area contributed by atoms with Crippen LogP contribution in [0, 0.1) is 0 Å². The summed E-state index contributed by atoms with van der Waals surface area (Å²) in [6, 6.07) is 2.78. The summed E-state index contributed by atoms with van der Waals surface area (Å²) in [5, 5.41) is 8.10. The summed E-state index contributed by atoms with van der Waals surface area (Å²) in [5.41, 5.74) is 1.13. The molecule has 3 aliphatic rings. The molecule has 1 atom stereocenters. The Morgan fingerprint density at radius 1 is 1.12 bits per heavy atom. The van der Waals surface area contributed by atoms with Crippen LogP contribution in [0.2, 0.25) is 0 Å². The normalized spacial score (nSPS) is 26.2. The van der Waals surface area contributed by atoms with Crippen LogP contribution in [0.25, 0.3) is 0 Å². The van der Waals surface area contributed by atoms with E-state index >= 15 is 0 Å². The zero-order valence-electron chi connectivity index (χ0n) is 15.2. The lowest BCUT2D eigenvalue weighted by atomic mass is 9.97. The molecule has 0 radical (unpaired) electrons. The molecular formula is C19H31N5O. The predicted octanol–water partition coefficient (Wildman–Crippen LogP) is 1.44. The highest BCUT2D eigenvalue weighted by atomic mass is 16.2. The van der Waals surface area contributed by atoms with Gasteiger partial charge in [0.15, 0.2) is 0 Å². The molecule has 4 heterocycles. The fourth-order valence-electron chi connectivity index (χ4n) is 4.61. The second-order valence-electron chi connectivity index (χ2n) is 7.84. The molecule has 4 rings (SSSR count). The summed E-state index contributed by atoms with van der Waals surface area (Å²) >= 11 is 0. The highest BCUT2D eigenvalue weighted by Crippen LogP contribution is 2.22. The van der Waals surface area contributed by atoms with Gasteiger partial charge in [0.2, 0.25) is 5.91 Å². The van der Waals surface area contributed by atoms with Crippen molar-refractivity contribution in [1.82, 2.24) is 24.9 Å². The van der Waals surface area contributed by atoms with Crippen molar-refractivity contribution in [3.8, 4) is 0 Å². The number of hydrogen-bond donors (Lipinski definition) is 1. The first-order chi connectivity index (χ1) is 12.3. The topological polar surface area (TPSA) is 53.4 Å². The molecule has 3 aliphatic heterocycles. The van der Waals surface area contributed by atoms with E-state index in [2.05, 4.69) is 21.4 Å². The van der Waals surface area contributed by atoms with Crippen LogP contribution in [0.3, 0.4) is 0 Å². The summed E-state index contributed by atoms with van der Waals surface area (Å²) in [5.74, 6) is 0.720. The second-order valence-corrected chi connectivity index (χ2v) is 7.84. The Labute approximate surface area is 150 Å². The van der Waals surface area contributed by atoms with Crippen molar-refractivity contribution in [3.63, 3.8) is 0 Å². The zero-order valence-corrected chi connectivity index (χ0v) is 15.2. The lowest BCUT2D eigenvalue weighted by Crippen LogP contribution is -2.46. The number of piperidine rings is 2. The van der Waals surface area contributed by atoms with Crippen molar-refractivity contribution in [3.05, 3.63) is 18.0 Å². The number of nitrogens with one attached hydrogen (secondary N) is 1. The van der Waals surface area contributed by atoms with Gasteiger partial charge in [-0.1, -0.05) is 0 Å². The summed E-state index contributed by atoms with van der Waals surface area (Å²) in [6.07, 6.45) is 9.32. The molecule has 1 N–H and O–H groups in total. The minimum absolute atomic E-state index is 0.219. The van der Waals surface area contributed by atoms with Crippen LogP contribution in [-0.4, -0.2) is 70.8 Å². The number of rotatable bonds is 4. The van der Waals surface area contributed by atoms with Crippen LogP contribution in [0.5, 0.6) is 0 Å². The van der Waals surface area contributed by atoms with Crippen LogP contribution in [0.15, 0.2) is 12.3 Å². The van der Waals surface area contributed by atoms with Gasteiger partial charge in [-0.15, -0.1) is 0 Å². The summed E-state index contributed by atoms with van der Waals surface area (Å²) < 4.78 is 1.83. The Morgan fingerprint density at radius 3 is 2.64 bits per heavy atom. The molecular weight excluding hydrogens is 314 g/mol. The Kier molecular flexibility index (Phi) is 5.36. The van der Waals surface area contributed by atoms with Crippen molar-refractivity contribution < 1.29 is 4.79 Å². The molecule has 6 nitrogen and oxygen atoms in total. The van der Waals surface area contributed by atoms with Crippen molar-refractivity contribution in [2.24, 2.45) is 0 Å². The SMILES string of the molecule is O=C(Cn1ccc(C2CCCNC2)n1)N1CCC(N2CCCC2)CC1. The highest BCUT2D eigenvalue weighted by molar-refractivity contribution is 5.76. The van der Waals surface area contributed by atoms with Crippen LogP contribution < -0.4 is 5.32 Å². The molecule has 3 fully saturated rings. The smallest absolute Gasteiger partial charge is 0.244 e. The Hall–Kier alpha value is -1.40. The van der Waals surface area contributed by atoms with Gasteiger partial charge in [0, 0.05) is 37.8 Å². The maximum atomic E-state index is 12.6. The maximum Gasteiger partial charge on any atom is 0.244 e. The molecule has 25 heavy (non-hydrogen) atoms. The third-order valence-electron chi connectivity index (χ3n) is 6.15. The summed E-state index contributed by atoms with van der Waals surface area (Å²) in [7, 11) is 0. The number of likely N-dealkylation sites (tertiary alicyclic amines) is 2. The van der Waals surface area contributed by atoms with Crippen LogP contribution >= 0.6 is 0 Å². The molecule has 0 saturated carbocycles. The molecule has 1 aromatic heterocycles. The first-order valence-electron chi connectivity index (χ1n) is 10.1. The van der Waals surface area contributed by atoms with Crippen molar-refractivity contribution >= 4 is 5.91 Å². The molecule has 138 valence electrons. The molecule has 6 heteroatoms. The van der Waals surface area contributed by atoms with Crippen molar-refractivity contribution in [2.75, 3.05) is 39.3 Å². The predicted molar refractivity (Wildman–Crippen MR) is 97.5 cm³/mol. The number of aromatic nitrogens is 2. The monoisotopic (exact) mass is 345 g/mol. The third kappa shape index (κ3) is 4.06. The Morgan fingerprint density at radius 2 is 1.92 bits per heavy atom. The van der Waals surface area contributed by atoms with E-state index in [4.69, 9.17) is 0 Å². The zero-order chi connectivity index (χ0) is 17.1. The second kappa shape index (κ2) is 7.87. The van der Waals surface area contributed by atoms with Crippen molar-refractivity contribution in [1.29, 1.82) is 0 Å². The molecule has 0 bridgehead atoms. The fourth-order valence-corrected chi connectivity index (χ4v) is 4.61. The third-order valence-corrected chi connectivity index (χ3v) is 6.15. The van der Waals surface area contributed by atoms with Gasteiger partial charge >= 0.3 is 0 Å². The van der Waals surface area contributed by atoms with Crippen LogP contribution in [0.1, 0.15) is 50.1 Å². The number of amides is 1. The van der Waals surface area contributed by atoms with E-state index in [0.29, 0.717) is 18.5 Å². The van der Waals surface area contributed by atoms with Crippen molar-refractivity contribution in [2.45, 2.75) is 57.0 Å².